The lowest BCUT2D eigenvalue weighted by Crippen LogP contribution is -1.99. The topological polar surface area (TPSA) is 17.1 Å². The lowest BCUT2D eigenvalue weighted by molar-refractivity contribution is 0.108. The zero-order chi connectivity index (χ0) is 10.7. The van der Waals surface area contributed by atoms with Crippen LogP contribution in [0.5, 0.6) is 0 Å². The van der Waals surface area contributed by atoms with E-state index in [2.05, 4.69) is 0 Å². The summed E-state index contributed by atoms with van der Waals surface area (Å²) in [5.41, 5.74) is 4.13. The van der Waals surface area contributed by atoms with E-state index in [0.717, 1.165) is 16.7 Å². The average Bonchev–Trinajstić information content (AvgIpc) is 2.01. The standard InChI is InChI=1S/C10H11OPS2/c1-6-4-7(2)9(8(3)5-6)10(11)14-12-13/h4-5H,1-3H3/p+1. The molecule has 0 aliphatic rings. The van der Waals surface area contributed by atoms with Gasteiger partial charge < -0.3 is 0 Å². The van der Waals surface area contributed by atoms with Gasteiger partial charge in [0.2, 0.25) is 6.56 Å². The van der Waals surface area contributed by atoms with Gasteiger partial charge in [-0.15, -0.1) is 0 Å². The SMILES string of the molecule is Cc1cc(C)c(C(=O)S[PH+]=S)c(C)c1. The molecular weight excluding hydrogens is 231 g/mol. The predicted octanol–water partition coefficient (Wildman–Crippen LogP) is 3.54. The van der Waals surface area contributed by atoms with E-state index in [1.807, 2.05) is 32.9 Å². The van der Waals surface area contributed by atoms with E-state index in [0.29, 0.717) is 0 Å². The molecule has 74 valence electrons. The highest BCUT2D eigenvalue weighted by Crippen LogP contribution is 2.27. The molecule has 0 aliphatic heterocycles. The highest BCUT2D eigenvalue weighted by atomic mass is 32.9. The normalized spacial score (nSPS) is 10.5. The Morgan fingerprint density at radius 3 is 2.21 bits per heavy atom. The van der Waals surface area contributed by atoms with Crippen molar-refractivity contribution in [1.29, 1.82) is 0 Å². The van der Waals surface area contributed by atoms with Gasteiger partial charge in [0.1, 0.15) is 0 Å². The smallest absolute Gasteiger partial charge is 0.266 e. The molecule has 0 heterocycles. The van der Waals surface area contributed by atoms with Crippen molar-refractivity contribution in [2.75, 3.05) is 0 Å². The zero-order valence-electron chi connectivity index (χ0n) is 8.38. The first kappa shape index (κ1) is 11.8. The van der Waals surface area contributed by atoms with Crippen molar-refractivity contribution < 1.29 is 4.79 Å². The summed E-state index contributed by atoms with van der Waals surface area (Å²) in [5, 5.41) is 0.105. The Balaban J connectivity index is 3.20. The predicted molar refractivity (Wildman–Crippen MR) is 68.3 cm³/mol. The number of carbonyl (C=O) groups is 1. The Morgan fingerprint density at radius 2 is 1.79 bits per heavy atom. The molecule has 4 heteroatoms. The molecule has 1 atom stereocenters. The van der Waals surface area contributed by atoms with Crippen LogP contribution in [0.1, 0.15) is 27.0 Å². The van der Waals surface area contributed by atoms with Crippen molar-refractivity contribution in [3.63, 3.8) is 0 Å². The number of hydrogen-bond donors (Lipinski definition) is 0. The summed E-state index contributed by atoms with van der Waals surface area (Å²) in [4.78, 5) is 11.7. The van der Waals surface area contributed by atoms with E-state index in [1.54, 1.807) is 0 Å². The van der Waals surface area contributed by atoms with E-state index >= 15 is 0 Å². The Morgan fingerprint density at radius 1 is 1.29 bits per heavy atom. The minimum Gasteiger partial charge on any atom is -0.277 e. The summed E-state index contributed by atoms with van der Waals surface area (Å²) < 4.78 is 0. The summed E-state index contributed by atoms with van der Waals surface area (Å²) in [6.07, 6.45) is 0. The Labute approximate surface area is 94.9 Å². The zero-order valence-corrected chi connectivity index (χ0v) is 11.0. The lowest BCUT2D eigenvalue weighted by atomic mass is 10.0. The third-order valence-electron chi connectivity index (χ3n) is 2.02. The fraction of sp³-hybridized carbons (Fsp3) is 0.300. The fourth-order valence-electron chi connectivity index (χ4n) is 1.59. The Hall–Kier alpha value is -0.240. The van der Waals surface area contributed by atoms with Gasteiger partial charge >= 0.3 is 0 Å². The van der Waals surface area contributed by atoms with E-state index in [1.165, 1.54) is 16.9 Å². The van der Waals surface area contributed by atoms with Gasteiger partial charge in [-0.2, -0.15) is 0 Å². The van der Waals surface area contributed by atoms with Crippen molar-refractivity contribution >= 4 is 34.9 Å². The van der Waals surface area contributed by atoms with Crippen LogP contribution in [-0.2, 0) is 11.8 Å². The van der Waals surface area contributed by atoms with Gasteiger partial charge in [0.05, 0.1) is 0 Å². The summed E-state index contributed by atoms with van der Waals surface area (Å²) in [6, 6.07) is 4.07. The van der Waals surface area contributed by atoms with Gasteiger partial charge in [-0.3, -0.25) is 4.79 Å². The van der Waals surface area contributed by atoms with Crippen molar-refractivity contribution in [2.24, 2.45) is 0 Å². The summed E-state index contributed by atoms with van der Waals surface area (Å²) in [5.74, 6) is 0. The monoisotopic (exact) mass is 243 g/mol. The van der Waals surface area contributed by atoms with Crippen LogP contribution in [0, 0.1) is 20.8 Å². The first-order valence-electron chi connectivity index (χ1n) is 4.22. The molecule has 0 N–H and O–H groups in total. The molecule has 0 spiro atoms. The molecule has 0 aromatic heterocycles. The quantitative estimate of drug-likeness (QED) is 0.739. The molecule has 0 aliphatic carbocycles. The van der Waals surface area contributed by atoms with Gasteiger partial charge in [0.25, 0.3) is 5.12 Å². The second-order valence-corrected chi connectivity index (χ2v) is 6.60. The maximum atomic E-state index is 11.7. The van der Waals surface area contributed by atoms with Gasteiger partial charge in [0, 0.05) is 5.56 Å². The molecule has 1 rings (SSSR count). The van der Waals surface area contributed by atoms with Crippen LogP contribution >= 0.6 is 17.9 Å². The molecule has 0 saturated carbocycles. The number of carbonyl (C=O) groups excluding carboxylic acids is 1. The molecule has 0 saturated heterocycles. The molecule has 1 aromatic rings. The Bertz CT molecular complexity index is 365. The van der Waals surface area contributed by atoms with Crippen LogP contribution in [0.3, 0.4) is 0 Å². The van der Waals surface area contributed by atoms with Crippen molar-refractivity contribution in [1.82, 2.24) is 0 Å². The lowest BCUT2D eigenvalue weighted by Gasteiger charge is -2.06. The summed E-state index contributed by atoms with van der Waals surface area (Å²) in [7, 11) is 0. The van der Waals surface area contributed by atoms with Gasteiger partial charge in [-0.25, -0.2) is 0 Å². The molecular formula is C10H12OPS2+. The van der Waals surface area contributed by atoms with E-state index < -0.39 is 0 Å². The van der Waals surface area contributed by atoms with Gasteiger partial charge in [-0.05, 0) is 31.9 Å². The second-order valence-electron chi connectivity index (χ2n) is 3.25. The largest absolute Gasteiger partial charge is 0.277 e. The Kier molecular flexibility index (Phi) is 4.24. The molecule has 1 unspecified atom stereocenters. The minimum absolute atomic E-state index is 0.105. The molecule has 0 radical (unpaired) electrons. The summed E-state index contributed by atoms with van der Waals surface area (Å²) in [6.45, 7) is 6.19. The van der Waals surface area contributed by atoms with Crippen LogP contribution in [0.15, 0.2) is 12.1 Å². The maximum absolute atomic E-state index is 11.7. The average molecular weight is 243 g/mol. The van der Waals surface area contributed by atoms with Crippen LogP contribution in [0.25, 0.3) is 0 Å². The maximum Gasteiger partial charge on any atom is 0.266 e. The number of hydrogen-bond acceptors (Lipinski definition) is 3. The van der Waals surface area contributed by atoms with E-state index in [-0.39, 0.29) is 11.7 Å². The highest BCUT2D eigenvalue weighted by molar-refractivity contribution is 8.64. The third-order valence-corrected chi connectivity index (χ3v) is 4.04. The van der Waals surface area contributed by atoms with Crippen molar-refractivity contribution in [3.8, 4) is 0 Å². The van der Waals surface area contributed by atoms with Crippen molar-refractivity contribution in [2.45, 2.75) is 20.8 Å². The molecule has 14 heavy (non-hydrogen) atoms. The fourth-order valence-corrected chi connectivity index (χ4v) is 3.31. The first-order chi connectivity index (χ1) is 6.56. The third kappa shape index (κ3) is 2.63. The number of aryl methyl sites for hydroxylation is 3. The number of benzene rings is 1. The number of rotatable bonds is 2. The van der Waals surface area contributed by atoms with Gasteiger partial charge in [0.15, 0.2) is 23.2 Å². The van der Waals surface area contributed by atoms with Crippen molar-refractivity contribution in [3.05, 3.63) is 34.4 Å². The molecule has 0 fully saturated rings. The van der Waals surface area contributed by atoms with Crippen LogP contribution in [0.4, 0.5) is 0 Å². The molecule has 1 nitrogen and oxygen atoms in total. The molecule has 1 aromatic carbocycles. The molecule has 0 bridgehead atoms. The highest BCUT2D eigenvalue weighted by Gasteiger charge is 2.16. The van der Waals surface area contributed by atoms with Crippen LogP contribution < -0.4 is 0 Å². The van der Waals surface area contributed by atoms with Crippen LogP contribution in [-0.4, -0.2) is 5.12 Å². The molecule has 0 amide bonds. The van der Waals surface area contributed by atoms with E-state index in [9.17, 15) is 4.79 Å². The second kappa shape index (κ2) is 5.01. The summed E-state index contributed by atoms with van der Waals surface area (Å²) >= 11 is 6.03. The first-order valence-corrected chi connectivity index (χ1v) is 7.90. The minimum atomic E-state index is 0.105. The van der Waals surface area contributed by atoms with Gasteiger partial charge in [-0.1, -0.05) is 17.7 Å². The van der Waals surface area contributed by atoms with E-state index in [4.69, 9.17) is 11.8 Å². The van der Waals surface area contributed by atoms with Crippen LogP contribution in [0.2, 0.25) is 0 Å².